The third kappa shape index (κ3) is 4.61. The number of benzene rings is 2. The van der Waals surface area contributed by atoms with Crippen LogP contribution in [-0.4, -0.2) is 28.1 Å². The van der Waals surface area contributed by atoms with E-state index in [1.54, 1.807) is 12.3 Å². The van der Waals surface area contributed by atoms with Crippen LogP contribution < -0.4 is 5.32 Å². The third-order valence-electron chi connectivity index (χ3n) is 5.47. The summed E-state index contributed by atoms with van der Waals surface area (Å²) in [6.45, 7) is 7.33. The lowest BCUT2D eigenvalue weighted by atomic mass is 9.91. The van der Waals surface area contributed by atoms with Crippen molar-refractivity contribution in [1.29, 1.82) is 0 Å². The number of piperidine rings is 1. The Hall–Kier alpha value is -2.01. The number of phenolic OH excluding ortho intramolecular Hbond substituents is 1. The van der Waals surface area contributed by atoms with Crippen molar-refractivity contribution in [2.24, 2.45) is 11.8 Å². The van der Waals surface area contributed by atoms with Gasteiger partial charge in [-0.05, 0) is 54.7 Å². The molecule has 0 spiro atoms. The minimum atomic E-state index is 0.235. The zero-order valence-electron chi connectivity index (χ0n) is 16.6. The molecule has 2 N–H and O–H groups in total. The first kappa shape index (κ1) is 20.3. The van der Waals surface area contributed by atoms with Crippen molar-refractivity contribution in [1.82, 2.24) is 9.88 Å². The maximum absolute atomic E-state index is 11.0. The number of halogens is 2. The number of hydrogen-bond acceptors (Lipinski definition) is 4. The summed E-state index contributed by atoms with van der Waals surface area (Å²) in [5.41, 5.74) is 3.06. The molecule has 0 amide bonds. The topological polar surface area (TPSA) is 48.4 Å². The fourth-order valence-electron chi connectivity index (χ4n) is 4.41. The molecule has 0 bridgehead atoms. The second-order valence-corrected chi connectivity index (χ2v) is 9.12. The van der Waals surface area contributed by atoms with Gasteiger partial charge in [-0.1, -0.05) is 37.0 Å². The van der Waals surface area contributed by atoms with E-state index in [2.05, 4.69) is 29.0 Å². The second-order valence-electron chi connectivity index (χ2n) is 8.25. The minimum Gasteiger partial charge on any atom is -0.505 e. The fraction of sp³-hybridized carbons (Fsp3) is 0.348. The summed E-state index contributed by atoms with van der Waals surface area (Å²) in [7, 11) is 0. The van der Waals surface area contributed by atoms with Crippen molar-refractivity contribution in [2.75, 3.05) is 18.4 Å². The largest absolute Gasteiger partial charge is 0.505 e. The van der Waals surface area contributed by atoms with E-state index in [1.807, 2.05) is 30.3 Å². The van der Waals surface area contributed by atoms with Gasteiger partial charge in [0.15, 0.2) is 0 Å². The number of fused-ring (bicyclic) bond motifs is 1. The number of anilines is 2. The van der Waals surface area contributed by atoms with Gasteiger partial charge in [0.2, 0.25) is 0 Å². The molecular weight excluding hydrogens is 405 g/mol. The molecule has 2 heterocycles. The van der Waals surface area contributed by atoms with Gasteiger partial charge >= 0.3 is 0 Å². The molecule has 1 fully saturated rings. The number of hydrogen-bond donors (Lipinski definition) is 2. The normalized spacial score (nSPS) is 20.1. The van der Waals surface area contributed by atoms with Crippen LogP contribution in [0.25, 0.3) is 10.9 Å². The van der Waals surface area contributed by atoms with Crippen molar-refractivity contribution < 1.29 is 5.11 Å². The number of phenols is 1. The SMILES string of the molecule is CC1CC(C)CN(Cc2cc(Cl)cc(Nc3ccnc4cc(Cl)ccc34)c2O)C1. The molecule has 29 heavy (non-hydrogen) atoms. The van der Waals surface area contributed by atoms with Gasteiger partial charge in [-0.2, -0.15) is 0 Å². The number of likely N-dealkylation sites (tertiary alicyclic amines) is 1. The standard InChI is InChI=1S/C23H25Cl2N3O/c1-14-7-15(2)12-28(11-14)13-16-8-18(25)10-22(23(16)29)27-20-5-6-26-21-9-17(24)3-4-19(20)21/h3-6,8-10,14-15,29H,7,11-13H2,1-2H3,(H,26,27). The first-order valence-electron chi connectivity index (χ1n) is 9.94. The summed E-state index contributed by atoms with van der Waals surface area (Å²) in [6, 6.07) is 11.1. The Morgan fingerprint density at radius 1 is 1.03 bits per heavy atom. The Labute approximate surface area is 181 Å². The molecule has 4 rings (SSSR count). The number of pyridine rings is 1. The number of rotatable bonds is 4. The Bertz CT molecular complexity index is 1030. The molecule has 1 saturated heterocycles. The molecule has 1 aromatic heterocycles. The molecule has 1 aliphatic heterocycles. The Balaban J connectivity index is 1.64. The van der Waals surface area contributed by atoms with Crippen LogP contribution in [0.2, 0.25) is 10.0 Å². The predicted octanol–water partition coefficient (Wildman–Crippen LogP) is 6.47. The molecule has 6 heteroatoms. The van der Waals surface area contributed by atoms with Crippen LogP contribution >= 0.6 is 23.2 Å². The van der Waals surface area contributed by atoms with E-state index in [0.29, 0.717) is 34.1 Å². The van der Waals surface area contributed by atoms with E-state index >= 15 is 0 Å². The quantitative estimate of drug-likeness (QED) is 0.466. The van der Waals surface area contributed by atoms with Crippen LogP contribution in [0.1, 0.15) is 25.8 Å². The Morgan fingerprint density at radius 2 is 1.79 bits per heavy atom. The molecule has 1 aliphatic rings. The molecule has 0 aliphatic carbocycles. The van der Waals surface area contributed by atoms with E-state index in [1.165, 1.54) is 6.42 Å². The third-order valence-corrected chi connectivity index (χ3v) is 5.92. The van der Waals surface area contributed by atoms with Gasteiger partial charge in [-0.25, -0.2) is 0 Å². The van der Waals surface area contributed by atoms with Gasteiger partial charge < -0.3 is 10.4 Å². The Morgan fingerprint density at radius 3 is 2.55 bits per heavy atom. The van der Waals surface area contributed by atoms with Crippen LogP contribution in [0.15, 0.2) is 42.6 Å². The van der Waals surface area contributed by atoms with Gasteiger partial charge in [0.05, 0.1) is 11.2 Å². The van der Waals surface area contributed by atoms with E-state index in [0.717, 1.165) is 35.2 Å². The van der Waals surface area contributed by atoms with Gasteiger partial charge in [-0.15, -0.1) is 0 Å². The highest BCUT2D eigenvalue weighted by Gasteiger charge is 2.23. The van der Waals surface area contributed by atoms with Crippen molar-refractivity contribution in [3.05, 3.63) is 58.2 Å². The fourth-order valence-corrected chi connectivity index (χ4v) is 4.82. The van der Waals surface area contributed by atoms with Gasteiger partial charge in [0, 0.05) is 52.5 Å². The Kier molecular flexibility index (Phi) is 5.86. The summed E-state index contributed by atoms with van der Waals surface area (Å²) >= 11 is 12.5. The van der Waals surface area contributed by atoms with Gasteiger partial charge in [-0.3, -0.25) is 9.88 Å². The van der Waals surface area contributed by atoms with E-state index in [-0.39, 0.29) is 5.75 Å². The average Bonchev–Trinajstić information content (AvgIpc) is 2.64. The smallest absolute Gasteiger partial charge is 0.143 e. The monoisotopic (exact) mass is 429 g/mol. The lowest BCUT2D eigenvalue weighted by molar-refractivity contribution is 0.133. The average molecular weight is 430 g/mol. The van der Waals surface area contributed by atoms with Crippen LogP contribution in [0.5, 0.6) is 5.75 Å². The maximum Gasteiger partial charge on any atom is 0.143 e. The first-order chi connectivity index (χ1) is 13.9. The summed E-state index contributed by atoms with van der Waals surface area (Å²) in [5.74, 6) is 1.56. The van der Waals surface area contributed by atoms with E-state index in [4.69, 9.17) is 23.2 Å². The lowest BCUT2D eigenvalue weighted by Crippen LogP contribution is -2.38. The molecule has 152 valence electrons. The lowest BCUT2D eigenvalue weighted by Gasteiger charge is -2.35. The van der Waals surface area contributed by atoms with Crippen LogP contribution in [-0.2, 0) is 6.54 Å². The highest BCUT2D eigenvalue weighted by atomic mass is 35.5. The number of aromatic nitrogens is 1. The van der Waals surface area contributed by atoms with E-state index in [9.17, 15) is 5.11 Å². The zero-order chi connectivity index (χ0) is 20.5. The molecule has 2 atom stereocenters. The number of nitrogens with zero attached hydrogens (tertiary/aromatic N) is 2. The summed E-state index contributed by atoms with van der Waals surface area (Å²) in [6.07, 6.45) is 2.98. The highest BCUT2D eigenvalue weighted by Crippen LogP contribution is 2.37. The van der Waals surface area contributed by atoms with Gasteiger partial charge in [0.1, 0.15) is 5.75 Å². The first-order valence-corrected chi connectivity index (χ1v) is 10.7. The van der Waals surface area contributed by atoms with Crippen molar-refractivity contribution in [3.8, 4) is 5.75 Å². The summed E-state index contributed by atoms with van der Waals surface area (Å²) < 4.78 is 0. The van der Waals surface area contributed by atoms with Crippen molar-refractivity contribution in [2.45, 2.75) is 26.8 Å². The molecular formula is C23H25Cl2N3O. The van der Waals surface area contributed by atoms with Gasteiger partial charge in [0.25, 0.3) is 0 Å². The van der Waals surface area contributed by atoms with Crippen LogP contribution in [0, 0.1) is 11.8 Å². The molecule has 0 saturated carbocycles. The maximum atomic E-state index is 11.0. The molecule has 2 unspecified atom stereocenters. The summed E-state index contributed by atoms with van der Waals surface area (Å²) in [5, 5.41) is 16.5. The van der Waals surface area contributed by atoms with Crippen molar-refractivity contribution in [3.63, 3.8) is 0 Å². The summed E-state index contributed by atoms with van der Waals surface area (Å²) in [4.78, 5) is 6.77. The van der Waals surface area contributed by atoms with Crippen LogP contribution in [0.3, 0.4) is 0 Å². The number of nitrogens with one attached hydrogen (secondary N) is 1. The second kappa shape index (κ2) is 8.39. The van der Waals surface area contributed by atoms with Crippen molar-refractivity contribution >= 4 is 45.5 Å². The van der Waals surface area contributed by atoms with Crippen LogP contribution in [0.4, 0.5) is 11.4 Å². The molecule has 0 radical (unpaired) electrons. The minimum absolute atomic E-state index is 0.235. The zero-order valence-corrected chi connectivity index (χ0v) is 18.1. The number of aromatic hydroxyl groups is 1. The molecule has 3 aromatic rings. The predicted molar refractivity (Wildman–Crippen MR) is 121 cm³/mol. The molecule has 4 nitrogen and oxygen atoms in total. The highest BCUT2D eigenvalue weighted by molar-refractivity contribution is 6.31. The molecule has 2 aromatic carbocycles. The van der Waals surface area contributed by atoms with E-state index < -0.39 is 0 Å².